The molecule has 1 heterocycles. The number of nitrogens with one attached hydrogen (secondary N) is 1. The fourth-order valence-electron chi connectivity index (χ4n) is 1.66. The van der Waals surface area contributed by atoms with Gasteiger partial charge < -0.3 is 20.9 Å². The number of aliphatic hydroxyl groups is 1. The highest BCUT2D eigenvalue weighted by Gasteiger charge is 2.17. The topological polar surface area (TPSA) is 82.3 Å². The molecule has 1 aromatic heterocycles. The maximum absolute atomic E-state index is 9.95. The van der Waals surface area contributed by atoms with Crippen molar-refractivity contribution in [2.75, 3.05) is 0 Å². The van der Waals surface area contributed by atoms with Gasteiger partial charge in [-0.1, -0.05) is 6.07 Å². The summed E-state index contributed by atoms with van der Waals surface area (Å²) < 4.78 is 0. The van der Waals surface area contributed by atoms with Gasteiger partial charge in [0.1, 0.15) is 5.75 Å². The smallest absolute Gasteiger partial charge is 0.129 e. The van der Waals surface area contributed by atoms with Crippen molar-refractivity contribution in [3.63, 3.8) is 0 Å². The molecular weight excluding hydrogens is 192 g/mol. The summed E-state index contributed by atoms with van der Waals surface area (Å²) in [6.07, 6.45) is 1.06. The van der Waals surface area contributed by atoms with Gasteiger partial charge in [0.2, 0.25) is 0 Å². The van der Waals surface area contributed by atoms with Crippen molar-refractivity contribution in [1.82, 2.24) is 4.98 Å². The molecule has 15 heavy (non-hydrogen) atoms. The Kier molecular flexibility index (Phi) is 2.38. The largest absolute Gasteiger partial charge is 0.507 e. The second-order valence-corrected chi connectivity index (χ2v) is 3.71. The summed E-state index contributed by atoms with van der Waals surface area (Å²) in [5, 5.41) is 20.0. The molecule has 2 rings (SSSR count). The predicted molar refractivity (Wildman–Crippen MR) is 58.6 cm³/mol. The van der Waals surface area contributed by atoms with Crippen LogP contribution in [0.25, 0.3) is 10.9 Å². The average molecular weight is 206 g/mol. The van der Waals surface area contributed by atoms with Gasteiger partial charge >= 0.3 is 0 Å². The molecule has 1 aromatic carbocycles. The molecule has 4 nitrogen and oxygen atoms in total. The summed E-state index contributed by atoms with van der Waals surface area (Å²) in [5.74, 6) is 0.141. The average Bonchev–Trinajstić information content (AvgIpc) is 2.66. The van der Waals surface area contributed by atoms with Gasteiger partial charge in [-0.25, -0.2) is 0 Å². The van der Waals surface area contributed by atoms with Crippen LogP contribution in [0.4, 0.5) is 0 Å². The molecule has 0 aliphatic rings. The molecule has 0 fully saturated rings. The SMILES string of the molecule is CC(O)C(N)c1ccc2[nH]ccc2c1O. The van der Waals surface area contributed by atoms with E-state index in [0.29, 0.717) is 5.56 Å². The molecule has 0 radical (unpaired) electrons. The third-order valence-corrected chi connectivity index (χ3v) is 2.62. The van der Waals surface area contributed by atoms with Crippen LogP contribution in [-0.2, 0) is 0 Å². The number of H-pyrrole nitrogens is 1. The summed E-state index contributed by atoms with van der Waals surface area (Å²) in [6.45, 7) is 1.60. The van der Waals surface area contributed by atoms with Crippen molar-refractivity contribution in [3.05, 3.63) is 30.0 Å². The first-order valence-corrected chi connectivity index (χ1v) is 4.84. The van der Waals surface area contributed by atoms with E-state index in [-0.39, 0.29) is 5.75 Å². The number of aliphatic hydroxyl groups excluding tert-OH is 1. The molecule has 2 aromatic rings. The summed E-state index contributed by atoms with van der Waals surface area (Å²) in [5.41, 5.74) is 7.20. The number of benzene rings is 1. The molecule has 4 heteroatoms. The fourth-order valence-corrected chi connectivity index (χ4v) is 1.66. The van der Waals surface area contributed by atoms with Gasteiger partial charge in [0.15, 0.2) is 0 Å². The Morgan fingerprint density at radius 2 is 2.07 bits per heavy atom. The summed E-state index contributed by atoms with van der Waals surface area (Å²) in [4.78, 5) is 2.99. The highest BCUT2D eigenvalue weighted by atomic mass is 16.3. The van der Waals surface area contributed by atoms with Crippen molar-refractivity contribution in [2.45, 2.75) is 19.1 Å². The van der Waals surface area contributed by atoms with Crippen molar-refractivity contribution in [2.24, 2.45) is 5.73 Å². The van der Waals surface area contributed by atoms with Crippen LogP contribution < -0.4 is 5.73 Å². The molecular formula is C11H14N2O2. The standard InChI is InChI=1S/C11H14N2O2/c1-6(14)10(12)8-2-3-9-7(11(8)15)4-5-13-9/h2-6,10,13-15H,12H2,1H3. The zero-order valence-corrected chi connectivity index (χ0v) is 8.44. The van der Waals surface area contributed by atoms with Crippen LogP contribution in [0.1, 0.15) is 18.5 Å². The first-order chi connectivity index (χ1) is 7.11. The zero-order valence-electron chi connectivity index (χ0n) is 8.44. The molecule has 5 N–H and O–H groups in total. The molecule has 2 atom stereocenters. The van der Waals surface area contributed by atoms with E-state index in [0.717, 1.165) is 10.9 Å². The summed E-state index contributed by atoms with van der Waals surface area (Å²) in [7, 11) is 0. The van der Waals surface area contributed by atoms with Gasteiger partial charge in [0, 0.05) is 22.7 Å². The molecule has 0 aliphatic heterocycles. The first-order valence-electron chi connectivity index (χ1n) is 4.84. The van der Waals surface area contributed by atoms with Gasteiger partial charge in [-0.05, 0) is 19.1 Å². The van der Waals surface area contributed by atoms with Gasteiger partial charge in [-0.2, -0.15) is 0 Å². The minimum absolute atomic E-state index is 0.141. The lowest BCUT2D eigenvalue weighted by atomic mass is 10.0. The maximum Gasteiger partial charge on any atom is 0.129 e. The summed E-state index contributed by atoms with van der Waals surface area (Å²) in [6, 6.07) is 4.78. The molecule has 80 valence electrons. The number of hydrogen-bond acceptors (Lipinski definition) is 3. The van der Waals surface area contributed by atoms with Crippen LogP contribution in [0.15, 0.2) is 24.4 Å². The Hall–Kier alpha value is -1.52. The lowest BCUT2D eigenvalue weighted by molar-refractivity contribution is 0.163. The van der Waals surface area contributed by atoms with Gasteiger partial charge in [-0.15, -0.1) is 0 Å². The van der Waals surface area contributed by atoms with Gasteiger partial charge in [-0.3, -0.25) is 0 Å². The molecule has 2 unspecified atom stereocenters. The Morgan fingerprint density at radius 3 is 2.73 bits per heavy atom. The van der Waals surface area contributed by atoms with Crippen LogP contribution in [0.2, 0.25) is 0 Å². The van der Waals surface area contributed by atoms with E-state index in [1.807, 2.05) is 6.07 Å². The van der Waals surface area contributed by atoms with Crippen LogP contribution in [0, 0.1) is 0 Å². The van der Waals surface area contributed by atoms with E-state index in [1.54, 1.807) is 25.3 Å². The first kappa shape index (κ1) is 10.0. The highest BCUT2D eigenvalue weighted by molar-refractivity contribution is 5.87. The van der Waals surface area contributed by atoms with E-state index in [2.05, 4.69) is 4.98 Å². The molecule has 0 saturated carbocycles. The zero-order chi connectivity index (χ0) is 11.0. The Labute approximate surface area is 87.3 Å². The van der Waals surface area contributed by atoms with Crippen molar-refractivity contribution >= 4 is 10.9 Å². The molecule has 0 spiro atoms. The molecule has 0 aliphatic carbocycles. The van der Waals surface area contributed by atoms with Crippen LogP contribution in [0.3, 0.4) is 0 Å². The number of aromatic hydroxyl groups is 1. The van der Waals surface area contributed by atoms with Crippen molar-refractivity contribution < 1.29 is 10.2 Å². The molecule has 0 amide bonds. The molecule has 0 bridgehead atoms. The second-order valence-electron chi connectivity index (χ2n) is 3.71. The van der Waals surface area contributed by atoms with Crippen molar-refractivity contribution in [1.29, 1.82) is 0 Å². The lowest BCUT2D eigenvalue weighted by Gasteiger charge is -2.16. The maximum atomic E-state index is 9.95. The second kappa shape index (κ2) is 3.56. The third-order valence-electron chi connectivity index (χ3n) is 2.62. The van der Waals surface area contributed by atoms with Crippen LogP contribution >= 0.6 is 0 Å². The number of aromatic nitrogens is 1. The Bertz CT molecular complexity index is 476. The number of rotatable bonds is 2. The normalized spacial score (nSPS) is 15.4. The van der Waals surface area contributed by atoms with E-state index in [1.165, 1.54) is 0 Å². The van der Waals surface area contributed by atoms with Gasteiger partial charge in [0.05, 0.1) is 12.1 Å². The summed E-state index contributed by atoms with van der Waals surface area (Å²) >= 11 is 0. The van der Waals surface area contributed by atoms with E-state index >= 15 is 0 Å². The number of phenolic OH excluding ortho intramolecular Hbond substituents is 1. The quantitative estimate of drug-likeness (QED) is 0.597. The number of hydrogen-bond donors (Lipinski definition) is 4. The minimum Gasteiger partial charge on any atom is -0.507 e. The van der Waals surface area contributed by atoms with Gasteiger partial charge in [0.25, 0.3) is 0 Å². The Morgan fingerprint density at radius 1 is 1.33 bits per heavy atom. The highest BCUT2D eigenvalue weighted by Crippen LogP contribution is 2.32. The van der Waals surface area contributed by atoms with Crippen molar-refractivity contribution in [3.8, 4) is 5.75 Å². The minimum atomic E-state index is -0.688. The monoisotopic (exact) mass is 206 g/mol. The number of fused-ring (bicyclic) bond motifs is 1. The third kappa shape index (κ3) is 1.58. The van der Waals surface area contributed by atoms with E-state index < -0.39 is 12.1 Å². The van der Waals surface area contributed by atoms with Crippen LogP contribution in [-0.4, -0.2) is 21.3 Å². The van der Waals surface area contributed by atoms with E-state index in [9.17, 15) is 10.2 Å². The Balaban J connectivity index is 2.57. The molecule has 0 saturated heterocycles. The lowest BCUT2D eigenvalue weighted by Crippen LogP contribution is -2.23. The number of nitrogens with two attached hydrogens (primary N) is 1. The predicted octanol–water partition coefficient (Wildman–Crippen LogP) is 1.25. The fraction of sp³-hybridized carbons (Fsp3) is 0.273. The van der Waals surface area contributed by atoms with Crippen LogP contribution in [0.5, 0.6) is 5.75 Å². The van der Waals surface area contributed by atoms with E-state index in [4.69, 9.17) is 5.73 Å². The number of phenols is 1. The number of aromatic amines is 1.